The van der Waals surface area contributed by atoms with Gasteiger partial charge in [-0.3, -0.25) is 0 Å². The van der Waals surface area contributed by atoms with Gasteiger partial charge in [-0.25, -0.2) is 0 Å². The Bertz CT molecular complexity index is 2910. The van der Waals surface area contributed by atoms with E-state index >= 15 is 0 Å². The molecule has 50 heavy (non-hydrogen) atoms. The summed E-state index contributed by atoms with van der Waals surface area (Å²) in [6, 6.07) is 71.4. The third-order valence-corrected chi connectivity index (χ3v) is 10.4. The molecule has 0 bridgehead atoms. The largest absolute Gasteiger partial charge is 0.0622 e. The van der Waals surface area contributed by atoms with Crippen molar-refractivity contribution in [2.24, 2.45) is 0 Å². The molecule has 0 nitrogen and oxygen atoms in total. The Morgan fingerprint density at radius 3 is 1.52 bits per heavy atom. The zero-order valence-corrected chi connectivity index (χ0v) is 27.5. The molecule has 10 rings (SSSR count). The fraction of sp³-hybridized carbons (Fsp3) is 0. The first-order valence-corrected chi connectivity index (χ1v) is 17.4. The van der Waals surface area contributed by atoms with Gasteiger partial charge in [0.25, 0.3) is 0 Å². The van der Waals surface area contributed by atoms with Crippen molar-refractivity contribution in [1.82, 2.24) is 0 Å². The maximum absolute atomic E-state index is 2.43. The maximum Gasteiger partial charge on any atom is -0.00197 e. The predicted molar refractivity (Wildman–Crippen MR) is 216 cm³/mol. The van der Waals surface area contributed by atoms with Crippen LogP contribution in [0.3, 0.4) is 0 Å². The summed E-state index contributed by atoms with van der Waals surface area (Å²) in [5.41, 5.74) is 9.95. The van der Waals surface area contributed by atoms with Gasteiger partial charge in [-0.05, 0) is 117 Å². The van der Waals surface area contributed by atoms with Crippen LogP contribution in [0.15, 0.2) is 194 Å². The van der Waals surface area contributed by atoms with Crippen LogP contribution in [-0.2, 0) is 0 Å². The van der Waals surface area contributed by atoms with Crippen LogP contribution in [0.1, 0.15) is 0 Å². The Morgan fingerprint density at radius 1 is 0.200 bits per heavy atom. The lowest BCUT2D eigenvalue weighted by molar-refractivity contribution is 1.62. The smallest absolute Gasteiger partial charge is 0.00197 e. The Kier molecular flexibility index (Phi) is 6.60. The fourth-order valence-electron chi connectivity index (χ4n) is 8.14. The molecule has 10 aromatic rings. The van der Waals surface area contributed by atoms with Gasteiger partial charge in [-0.15, -0.1) is 0 Å². The molecule has 0 heteroatoms. The lowest BCUT2D eigenvalue weighted by Crippen LogP contribution is -1.94. The third kappa shape index (κ3) is 4.54. The molecule has 0 fully saturated rings. The summed E-state index contributed by atoms with van der Waals surface area (Å²) in [7, 11) is 0. The van der Waals surface area contributed by atoms with E-state index in [0.717, 1.165) is 0 Å². The molecule has 0 N–H and O–H groups in total. The van der Waals surface area contributed by atoms with Crippen LogP contribution in [0, 0.1) is 0 Å². The second-order valence-electron chi connectivity index (χ2n) is 13.2. The van der Waals surface area contributed by atoms with Gasteiger partial charge in [0, 0.05) is 0 Å². The van der Waals surface area contributed by atoms with E-state index in [0.29, 0.717) is 0 Å². The van der Waals surface area contributed by atoms with Crippen LogP contribution in [0.5, 0.6) is 0 Å². The van der Waals surface area contributed by atoms with Crippen molar-refractivity contribution in [3.63, 3.8) is 0 Å². The summed E-state index contributed by atoms with van der Waals surface area (Å²) in [5, 5.41) is 12.6. The summed E-state index contributed by atoms with van der Waals surface area (Å²) < 4.78 is 0. The molecule has 0 saturated heterocycles. The topological polar surface area (TPSA) is 0 Å². The fourth-order valence-corrected chi connectivity index (χ4v) is 8.14. The number of rotatable bonds is 4. The zero-order valence-electron chi connectivity index (χ0n) is 27.5. The first kappa shape index (κ1) is 28.5. The Hall–Kier alpha value is -6.50. The van der Waals surface area contributed by atoms with E-state index in [1.54, 1.807) is 0 Å². The van der Waals surface area contributed by atoms with E-state index < -0.39 is 0 Å². The lowest BCUT2D eigenvalue weighted by atomic mass is 9.81. The molecular formula is C50H32. The van der Waals surface area contributed by atoms with Crippen LogP contribution in [0.4, 0.5) is 0 Å². The number of hydrogen-bond donors (Lipinski definition) is 0. The Labute approximate surface area is 291 Å². The highest BCUT2D eigenvalue weighted by Crippen LogP contribution is 2.49. The molecule has 0 aliphatic carbocycles. The number of benzene rings is 10. The molecule has 0 aromatic heterocycles. The van der Waals surface area contributed by atoms with E-state index in [2.05, 4.69) is 194 Å². The monoisotopic (exact) mass is 632 g/mol. The van der Waals surface area contributed by atoms with E-state index in [1.165, 1.54) is 98.4 Å². The first-order chi connectivity index (χ1) is 24.8. The van der Waals surface area contributed by atoms with Crippen molar-refractivity contribution < 1.29 is 0 Å². The molecular weight excluding hydrogens is 601 g/mol. The first-order valence-electron chi connectivity index (χ1n) is 17.4. The van der Waals surface area contributed by atoms with Crippen LogP contribution in [0.25, 0.3) is 98.4 Å². The van der Waals surface area contributed by atoms with E-state index in [1.807, 2.05) is 0 Å². The molecule has 0 aliphatic rings. The van der Waals surface area contributed by atoms with Gasteiger partial charge in [0.2, 0.25) is 0 Å². The minimum Gasteiger partial charge on any atom is -0.0622 e. The quantitative estimate of drug-likeness (QED) is 0.134. The molecule has 0 aliphatic heterocycles. The van der Waals surface area contributed by atoms with Crippen molar-refractivity contribution in [2.45, 2.75) is 0 Å². The second kappa shape index (κ2) is 11.6. The third-order valence-electron chi connectivity index (χ3n) is 10.4. The highest BCUT2D eigenvalue weighted by Gasteiger charge is 2.21. The van der Waals surface area contributed by atoms with Crippen molar-refractivity contribution in [2.75, 3.05) is 0 Å². The molecule has 0 spiro atoms. The number of fused-ring (bicyclic) bond motifs is 6. The summed E-state index contributed by atoms with van der Waals surface area (Å²) in [6.07, 6.45) is 0. The summed E-state index contributed by atoms with van der Waals surface area (Å²) >= 11 is 0. The molecule has 0 saturated carbocycles. The summed E-state index contributed by atoms with van der Waals surface area (Å²) in [6.45, 7) is 0. The van der Waals surface area contributed by atoms with Gasteiger partial charge in [0.05, 0.1) is 0 Å². The van der Waals surface area contributed by atoms with E-state index in [4.69, 9.17) is 0 Å². The highest BCUT2D eigenvalue weighted by atomic mass is 14.2. The molecule has 0 unspecified atom stereocenters. The van der Waals surface area contributed by atoms with E-state index in [-0.39, 0.29) is 0 Å². The van der Waals surface area contributed by atoms with Gasteiger partial charge < -0.3 is 0 Å². The van der Waals surface area contributed by atoms with Gasteiger partial charge in [0.1, 0.15) is 0 Å². The average molecular weight is 633 g/mol. The zero-order chi connectivity index (χ0) is 33.0. The van der Waals surface area contributed by atoms with Gasteiger partial charge in [-0.1, -0.05) is 176 Å². The van der Waals surface area contributed by atoms with Gasteiger partial charge in [-0.2, -0.15) is 0 Å². The van der Waals surface area contributed by atoms with Crippen LogP contribution in [-0.4, -0.2) is 0 Å². The minimum atomic E-state index is 1.22. The Morgan fingerprint density at radius 2 is 0.740 bits per heavy atom. The predicted octanol–water partition coefficient (Wildman–Crippen LogP) is 14.1. The highest BCUT2D eigenvalue weighted by molar-refractivity contribution is 6.26. The van der Waals surface area contributed by atoms with Crippen LogP contribution >= 0.6 is 0 Å². The van der Waals surface area contributed by atoms with Crippen molar-refractivity contribution >= 4 is 53.9 Å². The lowest BCUT2D eigenvalue weighted by Gasteiger charge is -2.21. The molecule has 0 radical (unpaired) electrons. The minimum absolute atomic E-state index is 1.22. The van der Waals surface area contributed by atoms with Gasteiger partial charge >= 0.3 is 0 Å². The SMILES string of the molecule is c1ccc(-c2ccc3c(-c4ccccc4-c4ccc5ccccc5c4)c4ccccc4c(-c4cc5ccccc5c5ccccc45)c3c2)cc1. The molecule has 10 aromatic carbocycles. The van der Waals surface area contributed by atoms with Crippen molar-refractivity contribution in [1.29, 1.82) is 0 Å². The summed E-state index contributed by atoms with van der Waals surface area (Å²) in [5.74, 6) is 0. The normalized spacial score (nSPS) is 11.6. The molecule has 0 amide bonds. The van der Waals surface area contributed by atoms with Crippen LogP contribution < -0.4 is 0 Å². The van der Waals surface area contributed by atoms with Crippen molar-refractivity contribution in [3.8, 4) is 44.5 Å². The molecule has 232 valence electrons. The molecule has 0 heterocycles. The van der Waals surface area contributed by atoms with Crippen molar-refractivity contribution in [3.05, 3.63) is 194 Å². The van der Waals surface area contributed by atoms with E-state index in [9.17, 15) is 0 Å². The second-order valence-corrected chi connectivity index (χ2v) is 13.2. The standard InChI is InChI=1S/C50H32/c1-2-14-33(15-3-1)36-28-29-46-48(31-36)50(47-32-37-18-6-7-19-39(37)41-21-9-10-22-42(41)47)45-25-13-12-24-44(45)49(46)43-23-11-8-20-40(43)38-27-26-34-16-4-5-17-35(34)30-38/h1-32H. The van der Waals surface area contributed by atoms with Crippen LogP contribution in [0.2, 0.25) is 0 Å². The van der Waals surface area contributed by atoms with Gasteiger partial charge in [0.15, 0.2) is 0 Å². The molecule has 0 atom stereocenters. The summed E-state index contributed by atoms with van der Waals surface area (Å²) in [4.78, 5) is 0. The maximum atomic E-state index is 2.43. The average Bonchev–Trinajstić information content (AvgIpc) is 3.19. The number of hydrogen-bond acceptors (Lipinski definition) is 0. The Balaban J connectivity index is 1.36.